The van der Waals surface area contributed by atoms with Gasteiger partial charge in [0.25, 0.3) is 5.91 Å². The number of ketones is 1. The van der Waals surface area contributed by atoms with Crippen LogP contribution in [0.3, 0.4) is 0 Å². The van der Waals surface area contributed by atoms with Gasteiger partial charge in [0.1, 0.15) is 5.75 Å². The monoisotopic (exact) mass is 363 g/mol. The fourth-order valence-corrected chi connectivity index (χ4v) is 2.43. The Balaban J connectivity index is 1.90. The molecular weight excluding hydrogens is 346 g/mol. The van der Waals surface area contributed by atoms with Crippen LogP contribution < -0.4 is 10.1 Å². The third-order valence-corrected chi connectivity index (χ3v) is 3.72. The maximum absolute atomic E-state index is 11.9. The van der Waals surface area contributed by atoms with Crippen molar-refractivity contribution in [3.05, 3.63) is 35.5 Å². The molecule has 1 aromatic heterocycles. The van der Waals surface area contributed by atoms with E-state index in [4.69, 9.17) is 9.47 Å². The van der Waals surface area contributed by atoms with Crippen molar-refractivity contribution in [2.75, 3.05) is 18.5 Å². The van der Waals surface area contributed by atoms with Gasteiger partial charge in [0.05, 0.1) is 6.61 Å². The van der Waals surface area contributed by atoms with E-state index in [1.54, 1.807) is 38.1 Å². The van der Waals surface area contributed by atoms with Crippen LogP contribution in [0.2, 0.25) is 0 Å². The molecule has 9 heteroatoms. The Bertz CT molecular complexity index is 757. The molecule has 0 saturated carbocycles. The summed E-state index contributed by atoms with van der Waals surface area (Å²) in [6.07, 6.45) is 0.425. The molecule has 25 heavy (non-hydrogen) atoms. The SMILES string of the molecule is CCOC(=O)c1nnsc1NC(=O)COc1ccc(C(=O)CC)cc1. The molecule has 1 aromatic carbocycles. The maximum atomic E-state index is 11.9. The quantitative estimate of drug-likeness (QED) is 0.566. The van der Waals surface area contributed by atoms with Crippen molar-refractivity contribution in [1.82, 2.24) is 9.59 Å². The molecule has 1 heterocycles. The van der Waals surface area contributed by atoms with Crippen molar-refractivity contribution in [2.45, 2.75) is 20.3 Å². The minimum atomic E-state index is -0.649. The largest absolute Gasteiger partial charge is 0.484 e. The average Bonchev–Trinajstić information content (AvgIpc) is 3.08. The van der Waals surface area contributed by atoms with Gasteiger partial charge in [0.2, 0.25) is 5.69 Å². The number of hydrogen-bond acceptors (Lipinski definition) is 8. The van der Waals surface area contributed by atoms with Crippen LogP contribution in [-0.2, 0) is 9.53 Å². The summed E-state index contributed by atoms with van der Waals surface area (Å²) in [4.78, 5) is 35.2. The molecule has 2 aromatic rings. The molecule has 0 aliphatic carbocycles. The molecule has 0 fully saturated rings. The van der Waals surface area contributed by atoms with Crippen molar-refractivity contribution in [3.8, 4) is 5.75 Å². The van der Waals surface area contributed by atoms with Gasteiger partial charge >= 0.3 is 5.97 Å². The van der Waals surface area contributed by atoms with Crippen LogP contribution in [0.4, 0.5) is 5.00 Å². The fraction of sp³-hybridized carbons (Fsp3) is 0.312. The van der Waals surface area contributed by atoms with Gasteiger partial charge in [-0.2, -0.15) is 0 Å². The smallest absolute Gasteiger partial charge is 0.362 e. The van der Waals surface area contributed by atoms with Crippen molar-refractivity contribution >= 4 is 34.2 Å². The molecule has 0 unspecified atom stereocenters. The van der Waals surface area contributed by atoms with E-state index in [2.05, 4.69) is 14.9 Å². The molecule has 1 amide bonds. The highest BCUT2D eigenvalue weighted by atomic mass is 32.1. The number of carbonyl (C=O) groups is 3. The van der Waals surface area contributed by atoms with Crippen LogP contribution in [0, 0.1) is 0 Å². The van der Waals surface area contributed by atoms with Crippen LogP contribution in [0.5, 0.6) is 5.75 Å². The lowest BCUT2D eigenvalue weighted by molar-refractivity contribution is -0.118. The topological polar surface area (TPSA) is 107 Å². The number of aromatic nitrogens is 2. The molecular formula is C16H17N3O5S. The van der Waals surface area contributed by atoms with Crippen LogP contribution >= 0.6 is 11.5 Å². The van der Waals surface area contributed by atoms with E-state index >= 15 is 0 Å². The normalized spacial score (nSPS) is 10.2. The summed E-state index contributed by atoms with van der Waals surface area (Å²) in [5.74, 6) is -0.627. The number of benzene rings is 1. The Morgan fingerprint density at radius 2 is 1.88 bits per heavy atom. The first-order valence-electron chi connectivity index (χ1n) is 7.60. The number of esters is 1. The van der Waals surface area contributed by atoms with Gasteiger partial charge in [-0.3, -0.25) is 9.59 Å². The predicted octanol–water partition coefficient (Wildman–Crippen LogP) is 2.33. The molecule has 1 N–H and O–H groups in total. The Hall–Kier alpha value is -2.81. The number of rotatable bonds is 8. The van der Waals surface area contributed by atoms with Gasteiger partial charge in [-0.05, 0) is 31.2 Å². The van der Waals surface area contributed by atoms with Crippen LogP contribution in [0.25, 0.3) is 0 Å². The molecule has 2 rings (SSSR count). The number of nitrogens with zero attached hydrogens (tertiary/aromatic N) is 2. The Morgan fingerprint density at radius 1 is 1.16 bits per heavy atom. The van der Waals surface area contributed by atoms with Crippen molar-refractivity contribution < 1.29 is 23.9 Å². The second-order valence-corrected chi connectivity index (χ2v) is 5.56. The summed E-state index contributed by atoms with van der Waals surface area (Å²) in [6.45, 7) is 3.39. The first-order chi connectivity index (χ1) is 12.0. The van der Waals surface area contributed by atoms with E-state index in [1.807, 2.05) is 0 Å². The zero-order valence-corrected chi connectivity index (χ0v) is 14.6. The molecule has 0 aliphatic heterocycles. The number of carbonyl (C=O) groups excluding carboxylic acids is 3. The number of Topliss-reactive ketones (excluding diaryl/α,β-unsaturated/α-hetero) is 1. The molecule has 0 atom stereocenters. The number of nitrogens with one attached hydrogen (secondary N) is 1. The van der Waals surface area contributed by atoms with E-state index in [-0.39, 0.29) is 29.7 Å². The fourth-order valence-electron chi connectivity index (χ4n) is 1.86. The number of amides is 1. The zero-order chi connectivity index (χ0) is 18.2. The number of hydrogen-bond donors (Lipinski definition) is 1. The van der Waals surface area contributed by atoms with Crippen molar-refractivity contribution in [3.63, 3.8) is 0 Å². The highest BCUT2D eigenvalue weighted by Crippen LogP contribution is 2.19. The number of anilines is 1. The second kappa shape index (κ2) is 8.88. The second-order valence-electron chi connectivity index (χ2n) is 4.81. The van der Waals surface area contributed by atoms with Crippen LogP contribution in [-0.4, -0.2) is 40.5 Å². The van der Waals surface area contributed by atoms with E-state index in [0.29, 0.717) is 17.7 Å². The number of ether oxygens (including phenoxy) is 2. The van der Waals surface area contributed by atoms with Crippen LogP contribution in [0.1, 0.15) is 41.1 Å². The predicted molar refractivity (Wildman–Crippen MR) is 91.1 cm³/mol. The van der Waals surface area contributed by atoms with Gasteiger partial charge < -0.3 is 14.8 Å². The lowest BCUT2D eigenvalue weighted by Crippen LogP contribution is -2.21. The molecule has 0 saturated heterocycles. The summed E-state index contributed by atoms with van der Waals surface area (Å²) in [5.41, 5.74) is 0.553. The Labute approximate surface area is 148 Å². The van der Waals surface area contributed by atoms with Gasteiger partial charge in [-0.1, -0.05) is 11.4 Å². The summed E-state index contributed by atoms with van der Waals surface area (Å²) in [7, 11) is 0. The summed E-state index contributed by atoms with van der Waals surface area (Å²) in [6, 6.07) is 6.53. The summed E-state index contributed by atoms with van der Waals surface area (Å²) in [5, 5.41) is 6.36. The summed E-state index contributed by atoms with van der Waals surface area (Å²) < 4.78 is 13.8. The van der Waals surface area contributed by atoms with Gasteiger partial charge in [0.15, 0.2) is 17.4 Å². The zero-order valence-electron chi connectivity index (χ0n) is 13.8. The molecule has 8 nitrogen and oxygen atoms in total. The van der Waals surface area contributed by atoms with Gasteiger partial charge in [-0.25, -0.2) is 4.79 Å². The highest BCUT2D eigenvalue weighted by Gasteiger charge is 2.19. The molecule has 0 spiro atoms. The lowest BCUT2D eigenvalue weighted by atomic mass is 10.1. The third kappa shape index (κ3) is 5.08. The first-order valence-corrected chi connectivity index (χ1v) is 8.37. The van der Waals surface area contributed by atoms with E-state index in [0.717, 1.165) is 11.5 Å². The molecule has 0 aliphatic rings. The third-order valence-electron chi connectivity index (χ3n) is 3.08. The van der Waals surface area contributed by atoms with Crippen molar-refractivity contribution in [1.29, 1.82) is 0 Å². The maximum Gasteiger partial charge on any atom is 0.362 e. The van der Waals surface area contributed by atoms with Crippen molar-refractivity contribution in [2.24, 2.45) is 0 Å². The Morgan fingerprint density at radius 3 is 2.52 bits per heavy atom. The average molecular weight is 363 g/mol. The Kier molecular flexibility index (Phi) is 6.58. The van der Waals surface area contributed by atoms with Gasteiger partial charge in [0, 0.05) is 23.5 Å². The molecule has 0 bridgehead atoms. The van der Waals surface area contributed by atoms with E-state index in [9.17, 15) is 14.4 Å². The molecule has 132 valence electrons. The first kappa shape index (κ1) is 18.5. The van der Waals surface area contributed by atoms with Gasteiger partial charge in [-0.15, -0.1) is 5.10 Å². The molecule has 0 radical (unpaired) electrons. The van der Waals surface area contributed by atoms with Crippen LogP contribution in [0.15, 0.2) is 24.3 Å². The summed E-state index contributed by atoms with van der Waals surface area (Å²) >= 11 is 0.874. The minimum absolute atomic E-state index is 0.0356. The lowest BCUT2D eigenvalue weighted by Gasteiger charge is -2.07. The van der Waals surface area contributed by atoms with E-state index < -0.39 is 11.9 Å². The van der Waals surface area contributed by atoms with E-state index in [1.165, 1.54) is 0 Å². The standard InChI is InChI=1S/C16H17N3O5S/c1-3-12(20)10-5-7-11(8-6-10)24-9-13(21)17-15-14(18-19-25-15)16(22)23-4-2/h5-8H,3-4,9H2,1-2H3,(H,17,21). The highest BCUT2D eigenvalue weighted by molar-refractivity contribution is 7.10. The minimum Gasteiger partial charge on any atom is -0.484 e.